The Morgan fingerprint density at radius 3 is 2.58 bits per heavy atom. The highest BCUT2D eigenvalue weighted by Gasteiger charge is 2.12. The number of amides is 1. The van der Waals surface area contributed by atoms with Crippen molar-refractivity contribution in [1.82, 2.24) is 5.32 Å². The van der Waals surface area contributed by atoms with Gasteiger partial charge in [0.15, 0.2) is 0 Å². The Balaban J connectivity index is 1.60. The summed E-state index contributed by atoms with van der Waals surface area (Å²) < 4.78 is 0.739. The van der Waals surface area contributed by atoms with Gasteiger partial charge in [-0.3, -0.25) is 4.79 Å². The molecule has 0 saturated carbocycles. The fourth-order valence-corrected chi connectivity index (χ4v) is 4.10. The highest BCUT2D eigenvalue weighted by Crippen LogP contribution is 2.22. The van der Waals surface area contributed by atoms with Crippen molar-refractivity contribution < 1.29 is 4.79 Å². The molecule has 2 aromatic rings. The third-order valence-corrected chi connectivity index (χ3v) is 5.81. The number of thioether (sulfide) groups is 1. The molecule has 126 valence electrons. The topological polar surface area (TPSA) is 32.3 Å². The van der Waals surface area contributed by atoms with E-state index in [1.165, 1.54) is 17.2 Å². The average Bonchev–Trinajstić information content (AvgIpc) is 2.63. The molecule has 0 bridgehead atoms. The number of hydrogen-bond donors (Lipinski definition) is 1. The van der Waals surface area contributed by atoms with Crippen LogP contribution in [0.2, 0.25) is 5.02 Å². The number of nitrogens with one attached hydrogen (secondary N) is 1. The van der Waals surface area contributed by atoms with Crippen molar-refractivity contribution in [3.05, 3.63) is 63.1 Å². The second kappa shape index (κ2) is 8.28. The number of halogens is 2. The molecule has 2 aromatic carbocycles. The Kier molecular flexibility index (Phi) is 6.09. The first-order valence-electron chi connectivity index (χ1n) is 7.78. The maximum Gasteiger partial charge on any atom is 0.252 e. The summed E-state index contributed by atoms with van der Waals surface area (Å²) in [6.07, 6.45) is 0. The Hall–Kier alpha value is -1.17. The molecule has 1 fully saturated rings. The summed E-state index contributed by atoms with van der Waals surface area (Å²) in [6.45, 7) is 2.70. The number of rotatable bonds is 4. The summed E-state index contributed by atoms with van der Waals surface area (Å²) in [6, 6.07) is 13.6. The highest BCUT2D eigenvalue weighted by molar-refractivity contribution is 9.10. The second-order valence-electron chi connectivity index (χ2n) is 5.57. The van der Waals surface area contributed by atoms with Gasteiger partial charge in [0.25, 0.3) is 5.91 Å². The predicted octanol–water partition coefficient (Wildman–Crippen LogP) is 4.59. The number of carbonyl (C=O) groups is 1. The van der Waals surface area contributed by atoms with Gasteiger partial charge in [-0.1, -0.05) is 23.7 Å². The van der Waals surface area contributed by atoms with E-state index in [-0.39, 0.29) is 5.91 Å². The largest absolute Gasteiger partial charge is 0.370 e. The summed E-state index contributed by atoms with van der Waals surface area (Å²) in [5, 5.41) is 3.49. The van der Waals surface area contributed by atoms with Crippen molar-refractivity contribution in [2.75, 3.05) is 29.5 Å². The van der Waals surface area contributed by atoms with Crippen molar-refractivity contribution in [3.8, 4) is 0 Å². The molecule has 1 heterocycles. The first-order chi connectivity index (χ1) is 11.6. The lowest BCUT2D eigenvalue weighted by Crippen LogP contribution is -2.32. The van der Waals surface area contributed by atoms with E-state index >= 15 is 0 Å². The molecule has 3 nitrogen and oxygen atoms in total. The van der Waals surface area contributed by atoms with Gasteiger partial charge >= 0.3 is 0 Å². The van der Waals surface area contributed by atoms with Gasteiger partial charge in [-0.15, -0.1) is 0 Å². The molecule has 1 aliphatic heterocycles. The maximum atomic E-state index is 12.3. The molecule has 0 unspecified atom stereocenters. The van der Waals surface area contributed by atoms with Crippen molar-refractivity contribution in [3.63, 3.8) is 0 Å². The molecular formula is C18H18BrClN2OS. The van der Waals surface area contributed by atoms with Gasteiger partial charge in [0.2, 0.25) is 0 Å². The molecule has 1 amide bonds. The van der Waals surface area contributed by atoms with E-state index in [1.54, 1.807) is 18.2 Å². The fraction of sp³-hybridized carbons (Fsp3) is 0.278. The van der Waals surface area contributed by atoms with Crippen LogP contribution in [0.15, 0.2) is 46.9 Å². The van der Waals surface area contributed by atoms with Gasteiger partial charge in [0.1, 0.15) is 0 Å². The quantitative estimate of drug-likeness (QED) is 0.778. The van der Waals surface area contributed by atoms with Crippen molar-refractivity contribution in [1.29, 1.82) is 0 Å². The van der Waals surface area contributed by atoms with Crippen molar-refractivity contribution >= 4 is 50.9 Å². The molecule has 1 saturated heterocycles. The van der Waals surface area contributed by atoms with E-state index in [2.05, 4.69) is 50.4 Å². The molecule has 1 N–H and O–H groups in total. The minimum atomic E-state index is -0.137. The van der Waals surface area contributed by atoms with E-state index in [4.69, 9.17) is 11.6 Å². The van der Waals surface area contributed by atoms with E-state index < -0.39 is 0 Å². The third-order valence-electron chi connectivity index (χ3n) is 3.94. The minimum Gasteiger partial charge on any atom is -0.370 e. The van der Waals surface area contributed by atoms with E-state index in [0.717, 1.165) is 23.1 Å². The molecular weight excluding hydrogens is 408 g/mol. The maximum absolute atomic E-state index is 12.3. The standard InChI is InChI=1S/C18H18BrClN2OS/c19-17-6-3-14(20)11-16(17)18(23)21-12-13-1-4-15(5-2-13)22-7-9-24-10-8-22/h1-6,11H,7-10,12H2,(H,21,23). The van der Waals surface area contributed by atoms with Crippen LogP contribution in [-0.4, -0.2) is 30.5 Å². The lowest BCUT2D eigenvalue weighted by Gasteiger charge is -2.28. The molecule has 0 spiro atoms. The van der Waals surface area contributed by atoms with Crippen LogP contribution in [-0.2, 0) is 6.54 Å². The number of nitrogens with zero attached hydrogens (tertiary/aromatic N) is 1. The zero-order valence-electron chi connectivity index (χ0n) is 13.1. The van der Waals surface area contributed by atoms with Gasteiger partial charge in [-0.2, -0.15) is 11.8 Å². The molecule has 0 atom stereocenters. The average molecular weight is 426 g/mol. The van der Waals surface area contributed by atoms with Crippen molar-refractivity contribution in [2.24, 2.45) is 0 Å². The van der Waals surface area contributed by atoms with E-state index in [1.807, 2.05) is 11.8 Å². The molecule has 3 rings (SSSR count). The van der Waals surface area contributed by atoms with Crippen LogP contribution >= 0.6 is 39.3 Å². The molecule has 0 aromatic heterocycles. The van der Waals surface area contributed by atoms with Gasteiger partial charge in [-0.25, -0.2) is 0 Å². The highest BCUT2D eigenvalue weighted by atomic mass is 79.9. The Labute approximate surface area is 159 Å². The van der Waals surface area contributed by atoms with Crippen molar-refractivity contribution in [2.45, 2.75) is 6.54 Å². The SMILES string of the molecule is O=C(NCc1ccc(N2CCSCC2)cc1)c1cc(Cl)ccc1Br. The lowest BCUT2D eigenvalue weighted by molar-refractivity contribution is 0.0950. The van der Waals surface area contributed by atoms with E-state index in [0.29, 0.717) is 17.1 Å². The summed E-state index contributed by atoms with van der Waals surface area (Å²) in [5.74, 6) is 2.24. The Morgan fingerprint density at radius 1 is 1.17 bits per heavy atom. The van der Waals surface area contributed by atoms with E-state index in [9.17, 15) is 4.79 Å². The van der Waals surface area contributed by atoms with Crippen LogP contribution in [0, 0.1) is 0 Å². The zero-order valence-corrected chi connectivity index (χ0v) is 16.3. The summed E-state index contributed by atoms with van der Waals surface area (Å²) >= 11 is 11.4. The van der Waals surface area contributed by atoms with Crippen LogP contribution < -0.4 is 10.2 Å². The molecule has 1 aliphatic rings. The Morgan fingerprint density at radius 2 is 1.88 bits per heavy atom. The molecule has 0 radical (unpaired) electrons. The van der Waals surface area contributed by atoms with Gasteiger partial charge in [0, 0.05) is 46.3 Å². The molecule has 24 heavy (non-hydrogen) atoms. The van der Waals surface area contributed by atoms with Crippen LogP contribution in [0.25, 0.3) is 0 Å². The second-order valence-corrected chi connectivity index (χ2v) is 8.09. The van der Waals surface area contributed by atoms with Gasteiger partial charge < -0.3 is 10.2 Å². The van der Waals surface area contributed by atoms with Crippen LogP contribution in [0.3, 0.4) is 0 Å². The fourth-order valence-electron chi connectivity index (χ4n) is 2.60. The third kappa shape index (κ3) is 4.47. The summed E-state index contributed by atoms with van der Waals surface area (Å²) in [7, 11) is 0. The normalized spacial score (nSPS) is 14.5. The monoisotopic (exact) mass is 424 g/mol. The summed E-state index contributed by atoms with van der Waals surface area (Å²) in [4.78, 5) is 14.7. The predicted molar refractivity (Wildman–Crippen MR) is 106 cm³/mol. The van der Waals surface area contributed by atoms with Gasteiger partial charge in [0.05, 0.1) is 5.56 Å². The van der Waals surface area contributed by atoms with Crippen LogP contribution in [0.1, 0.15) is 15.9 Å². The number of anilines is 1. The zero-order chi connectivity index (χ0) is 16.9. The summed E-state index contributed by atoms with van der Waals surface area (Å²) in [5.41, 5.74) is 2.88. The number of benzene rings is 2. The molecule has 6 heteroatoms. The first-order valence-corrected chi connectivity index (χ1v) is 10.1. The minimum absolute atomic E-state index is 0.137. The molecule has 0 aliphatic carbocycles. The number of hydrogen-bond acceptors (Lipinski definition) is 3. The Bertz CT molecular complexity index is 717. The van der Waals surface area contributed by atoms with Crippen LogP contribution in [0.5, 0.6) is 0 Å². The van der Waals surface area contributed by atoms with Gasteiger partial charge in [-0.05, 0) is 51.8 Å². The number of carbonyl (C=O) groups excluding carboxylic acids is 1. The first kappa shape index (κ1) is 17.6. The smallest absolute Gasteiger partial charge is 0.252 e. The lowest BCUT2D eigenvalue weighted by atomic mass is 10.1. The van der Waals surface area contributed by atoms with Crippen LogP contribution in [0.4, 0.5) is 5.69 Å².